The van der Waals surface area contributed by atoms with Gasteiger partial charge in [0.15, 0.2) is 0 Å². The molecule has 0 saturated heterocycles. The molecule has 6 nitrogen and oxygen atoms in total. The number of nitrogens with one attached hydrogen (secondary N) is 1. The molecule has 0 radical (unpaired) electrons. The number of aromatic nitrogens is 4. The van der Waals surface area contributed by atoms with E-state index in [9.17, 15) is 0 Å². The summed E-state index contributed by atoms with van der Waals surface area (Å²) in [5.74, 6) is 1.51. The molecule has 3 rings (SSSR count). The Labute approximate surface area is 135 Å². The molecule has 2 aromatic heterocycles. The van der Waals surface area contributed by atoms with Crippen molar-refractivity contribution in [2.75, 3.05) is 12.4 Å². The Morgan fingerprint density at radius 2 is 1.96 bits per heavy atom. The number of methoxy groups -OCH3 is 1. The van der Waals surface area contributed by atoms with Crippen molar-refractivity contribution in [2.24, 2.45) is 7.05 Å². The van der Waals surface area contributed by atoms with Crippen LogP contribution in [0.1, 0.15) is 18.5 Å². The second-order valence-electron chi connectivity index (χ2n) is 5.32. The third-order valence-corrected chi connectivity index (χ3v) is 3.64. The van der Waals surface area contributed by atoms with Crippen molar-refractivity contribution in [3.05, 3.63) is 54.4 Å². The molecule has 1 aromatic carbocycles. The van der Waals surface area contributed by atoms with E-state index in [1.807, 2.05) is 55.8 Å². The molecule has 3 aromatic rings. The molecule has 23 heavy (non-hydrogen) atoms. The van der Waals surface area contributed by atoms with Crippen molar-refractivity contribution in [1.29, 1.82) is 0 Å². The summed E-state index contributed by atoms with van der Waals surface area (Å²) < 4.78 is 7.14. The van der Waals surface area contributed by atoms with Gasteiger partial charge in [-0.15, -0.1) is 10.2 Å². The Bertz CT molecular complexity index is 782. The van der Waals surface area contributed by atoms with Gasteiger partial charge in [0.05, 0.1) is 25.0 Å². The number of aryl methyl sites for hydroxylation is 1. The Morgan fingerprint density at radius 1 is 1.13 bits per heavy atom. The first-order valence-electron chi connectivity index (χ1n) is 7.39. The van der Waals surface area contributed by atoms with Gasteiger partial charge in [0, 0.05) is 24.4 Å². The molecule has 0 unspecified atom stereocenters. The number of hydrogen-bond donors (Lipinski definition) is 1. The van der Waals surface area contributed by atoms with Crippen LogP contribution in [-0.2, 0) is 7.05 Å². The fraction of sp³-hybridized carbons (Fsp3) is 0.235. The highest BCUT2D eigenvalue weighted by atomic mass is 16.5. The maximum absolute atomic E-state index is 5.36. The highest BCUT2D eigenvalue weighted by Crippen LogP contribution is 2.28. The largest absolute Gasteiger partial charge is 0.496 e. The summed E-state index contributed by atoms with van der Waals surface area (Å²) in [6, 6.07) is 11.7. The second kappa shape index (κ2) is 6.48. The van der Waals surface area contributed by atoms with Crippen molar-refractivity contribution in [1.82, 2.24) is 20.0 Å². The molecule has 0 amide bonds. The lowest BCUT2D eigenvalue weighted by Crippen LogP contribution is -2.08. The Morgan fingerprint density at radius 3 is 2.61 bits per heavy atom. The summed E-state index contributed by atoms with van der Waals surface area (Å²) in [6.45, 7) is 2.06. The van der Waals surface area contributed by atoms with Gasteiger partial charge < -0.3 is 10.1 Å². The minimum Gasteiger partial charge on any atom is -0.496 e. The zero-order chi connectivity index (χ0) is 16.2. The summed E-state index contributed by atoms with van der Waals surface area (Å²) in [7, 11) is 3.55. The minimum atomic E-state index is 0.107. The first-order chi connectivity index (χ1) is 11.2. The highest BCUT2D eigenvalue weighted by Gasteiger charge is 2.10. The van der Waals surface area contributed by atoms with Crippen molar-refractivity contribution in [2.45, 2.75) is 13.0 Å². The standard InChI is InChI=1S/C17H19N5O/c1-12(13-10-18-22(2)11-13)19-17-9-8-15(20-21-17)14-6-4-5-7-16(14)23-3/h4-12H,1-3H3,(H,19,21)/t12-/m0/s1. The van der Waals surface area contributed by atoms with Gasteiger partial charge in [0.2, 0.25) is 0 Å². The van der Waals surface area contributed by atoms with E-state index in [1.165, 1.54) is 0 Å². The average Bonchev–Trinajstić information content (AvgIpc) is 3.02. The number of benzene rings is 1. The topological polar surface area (TPSA) is 64.9 Å². The first-order valence-corrected chi connectivity index (χ1v) is 7.39. The van der Waals surface area contributed by atoms with E-state index in [-0.39, 0.29) is 6.04 Å². The number of anilines is 1. The van der Waals surface area contributed by atoms with E-state index in [2.05, 4.69) is 27.5 Å². The van der Waals surface area contributed by atoms with E-state index in [4.69, 9.17) is 4.74 Å². The highest BCUT2D eigenvalue weighted by molar-refractivity contribution is 5.67. The van der Waals surface area contributed by atoms with Gasteiger partial charge in [-0.05, 0) is 31.2 Å². The van der Waals surface area contributed by atoms with Crippen molar-refractivity contribution in [3.8, 4) is 17.0 Å². The zero-order valence-corrected chi connectivity index (χ0v) is 13.4. The molecule has 0 aliphatic heterocycles. The molecule has 6 heteroatoms. The van der Waals surface area contributed by atoms with E-state index in [0.29, 0.717) is 0 Å². The maximum Gasteiger partial charge on any atom is 0.149 e. The van der Waals surface area contributed by atoms with Crippen LogP contribution in [0.4, 0.5) is 5.82 Å². The number of para-hydroxylation sites is 1. The van der Waals surface area contributed by atoms with Crippen LogP contribution in [0.25, 0.3) is 11.3 Å². The summed E-state index contributed by atoms with van der Waals surface area (Å²) >= 11 is 0. The van der Waals surface area contributed by atoms with Gasteiger partial charge in [0.1, 0.15) is 11.6 Å². The molecule has 0 aliphatic rings. The molecule has 0 aliphatic carbocycles. The van der Waals surface area contributed by atoms with Crippen molar-refractivity contribution < 1.29 is 4.74 Å². The fourth-order valence-electron chi connectivity index (χ4n) is 2.38. The average molecular weight is 309 g/mol. The van der Waals surface area contributed by atoms with Crippen LogP contribution in [-0.4, -0.2) is 27.1 Å². The van der Waals surface area contributed by atoms with E-state index in [0.717, 1.165) is 28.4 Å². The normalized spacial score (nSPS) is 12.0. The number of ether oxygens (including phenoxy) is 1. The van der Waals surface area contributed by atoms with E-state index >= 15 is 0 Å². The van der Waals surface area contributed by atoms with Crippen LogP contribution in [0.15, 0.2) is 48.8 Å². The zero-order valence-electron chi connectivity index (χ0n) is 13.4. The maximum atomic E-state index is 5.36. The quantitative estimate of drug-likeness (QED) is 0.784. The molecule has 118 valence electrons. The van der Waals surface area contributed by atoms with Gasteiger partial charge >= 0.3 is 0 Å². The van der Waals surface area contributed by atoms with Crippen LogP contribution >= 0.6 is 0 Å². The third kappa shape index (κ3) is 3.31. The molecule has 1 N–H and O–H groups in total. The van der Waals surface area contributed by atoms with Crippen molar-refractivity contribution in [3.63, 3.8) is 0 Å². The molecule has 0 spiro atoms. The lowest BCUT2D eigenvalue weighted by atomic mass is 10.1. The minimum absolute atomic E-state index is 0.107. The van der Waals surface area contributed by atoms with E-state index < -0.39 is 0 Å². The summed E-state index contributed by atoms with van der Waals surface area (Å²) in [4.78, 5) is 0. The van der Waals surface area contributed by atoms with Crippen LogP contribution < -0.4 is 10.1 Å². The van der Waals surface area contributed by atoms with Crippen molar-refractivity contribution >= 4 is 5.82 Å². The van der Waals surface area contributed by atoms with Crippen LogP contribution in [0.3, 0.4) is 0 Å². The lowest BCUT2D eigenvalue weighted by Gasteiger charge is -2.13. The third-order valence-electron chi connectivity index (χ3n) is 3.64. The second-order valence-corrected chi connectivity index (χ2v) is 5.32. The van der Waals surface area contributed by atoms with Gasteiger partial charge in [0.25, 0.3) is 0 Å². The Kier molecular flexibility index (Phi) is 4.23. The summed E-state index contributed by atoms with van der Waals surface area (Å²) in [5.41, 5.74) is 2.81. The van der Waals surface area contributed by atoms with Gasteiger partial charge in [-0.3, -0.25) is 4.68 Å². The molecule has 0 saturated carbocycles. The Balaban J connectivity index is 1.77. The molecule has 0 fully saturated rings. The lowest BCUT2D eigenvalue weighted by molar-refractivity contribution is 0.416. The molecule has 2 heterocycles. The summed E-state index contributed by atoms with van der Waals surface area (Å²) in [6.07, 6.45) is 3.82. The van der Waals surface area contributed by atoms with Crippen LogP contribution in [0.5, 0.6) is 5.75 Å². The monoisotopic (exact) mass is 309 g/mol. The molecular weight excluding hydrogens is 290 g/mol. The molecular formula is C17H19N5O. The number of nitrogens with zero attached hydrogens (tertiary/aromatic N) is 4. The molecule has 1 atom stereocenters. The van der Waals surface area contributed by atoms with Crippen LogP contribution in [0.2, 0.25) is 0 Å². The van der Waals surface area contributed by atoms with Gasteiger partial charge in [-0.25, -0.2) is 0 Å². The van der Waals surface area contributed by atoms with Gasteiger partial charge in [-0.2, -0.15) is 5.10 Å². The van der Waals surface area contributed by atoms with E-state index in [1.54, 1.807) is 11.8 Å². The van der Waals surface area contributed by atoms with Crippen LogP contribution in [0, 0.1) is 0 Å². The molecule has 0 bridgehead atoms. The number of rotatable bonds is 5. The smallest absolute Gasteiger partial charge is 0.149 e. The number of hydrogen-bond acceptors (Lipinski definition) is 5. The Hall–Kier alpha value is -2.89. The van der Waals surface area contributed by atoms with Gasteiger partial charge in [-0.1, -0.05) is 12.1 Å². The summed E-state index contributed by atoms with van der Waals surface area (Å²) in [5, 5.41) is 16.1. The predicted octanol–water partition coefficient (Wildman–Crippen LogP) is 3.06. The first kappa shape index (κ1) is 15.0. The SMILES string of the molecule is COc1ccccc1-c1ccc(N[C@@H](C)c2cnn(C)c2)nn1. The fourth-order valence-corrected chi connectivity index (χ4v) is 2.38. The predicted molar refractivity (Wildman–Crippen MR) is 89.3 cm³/mol.